The van der Waals surface area contributed by atoms with Crippen molar-refractivity contribution in [1.82, 2.24) is 10.5 Å². The molecule has 0 fully saturated rings. The molecule has 1 aromatic carbocycles. The van der Waals surface area contributed by atoms with Crippen LogP contribution >= 0.6 is 0 Å². The summed E-state index contributed by atoms with van der Waals surface area (Å²) in [6.45, 7) is 3.48. The van der Waals surface area contributed by atoms with Crippen molar-refractivity contribution in [2.45, 2.75) is 20.3 Å². The van der Waals surface area contributed by atoms with Crippen LogP contribution in [0, 0.1) is 13.8 Å². The first kappa shape index (κ1) is 13.1. The fourth-order valence-corrected chi connectivity index (χ4v) is 2.03. The second-order valence-corrected chi connectivity index (χ2v) is 4.43. The zero-order valence-corrected chi connectivity index (χ0v) is 10.7. The summed E-state index contributed by atoms with van der Waals surface area (Å²) >= 11 is 0. The molecule has 1 amide bonds. The summed E-state index contributed by atoms with van der Waals surface area (Å²) in [5.41, 5.74) is 3.20. The van der Waals surface area contributed by atoms with Gasteiger partial charge in [0.15, 0.2) is 5.58 Å². The number of aryl methyl sites for hydroxylation is 2. The summed E-state index contributed by atoms with van der Waals surface area (Å²) in [6, 6.07) is 3.84. The fourth-order valence-electron chi connectivity index (χ4n) is 2.03. The maximum atomic E-state index is 11.6. The predicted octanol–water partition coefficient (Wildman–Crippen LogP) is 1.19. The molecule has 2 N–H and O–H groups in total. The quantitative estimate of drug-likeness (QED) is 0.863. The summed E-state index contributed by atoms with van der Waals surface area (Å²) in [6.07, 6.45) is 0.00415. The van der Waals surface area contributed by atoms with E-state index in [9.17, 15) is 9.59 Å². The van der Waals surface area contributed by atoms with E-state index in [2.05, 4.69) is 10.5 Å². The van der Waals surface area contributed by atoms with Crippen LogP contribution in [0.5, 0.6) is 0 Å². The molecule has 6 heteroatoms. The molecule has 2 rings (SSSR count). The van der Waals surface area contributed by atoms with Gasteiger partial charge in [0.2, 0.25) is 5.91 Å². The Labute approximate surface area is 109 Å². The normalized spacial score (nSPS) is 10.6. The Hall–Kier alpha value is -2.37. The smallest absolute Gasteiger partial charge is 0.322 e. The molecule has 6 nitrogen and oxygen atoms in total. The summed E-state index contributed by atoms with van der Waals surface area (Å²) in [7, 11) is 0. The van der Waals surface area contributed by atoms with Crippen molar-refractivity contribution in [3.63, 3.8) is 0 Å². The van der Waals surface area contributed by atoms with Crippen LogP contribution < -0.4 is 5.32 Å². The van der Waals surface area contributed by atoms with E-state index in [0.29, 0.717) is 11.3 Å². The van der Waals surface area contributed by atoms with Gasteiger partial charge in [0.1, 0.15) is 12.2 Å². The summed E-state index contributed by atoms with van der Waals surface area (Å²) in [4.78, 5) is 21.9. The van der Waals surface area contributed by atoms with Crippen molar-refractivity contribution in [2.24, 2.45) is 0 Å². The van der Waals surface area contributed by atoms with E-state index in [1.54, 1.807) is 0 Å². The average Bonchev–Trinajstić information content (AvgIpc) is 2.69. The molecule has 1 heterocycles. The Morgan fingerprint density at radius 1 is 1.37 bits per heavy atom. The van der Waals surface area contributed by atoms with Crippen LogP contribution in [0.15, 0.2) is 16.7 Å². The lowest BCUT2D eigenvalue weighted by Crippen LogP contribution is -2.30. The largest absolute Gasteiger partial charge is 0.480 e. The maximum Gasteiger partial charge on any atom is 0.322 e. The molecule has 1 aromatic heterocycles. The number of hydrogen-bond donors (Lipinski definition) is 2. The van der Waals surface area contributed by atoms with Crippen molar-refractivity contribution in [3.8, 4) is 0 Å². The van der Waals surface area contributed by atoms with Crippen molar-refractivity contribution >= 4 is 22.8 Å². The van der Waals surface area contributed by atoms with Gasteiger partial charge in [0.25, 0.3) is 0 Å². The van der Waals surface area contributed by atoms with Gasteiger partial charge in [-0.2, -0.15) is 0 Å². The highest BCUT2D eigenvalue weighted by Crippen LogP contribution is 2.24. The summed E-state index contributed by atoms with van der Waals surface area (Å²) in [5.74, 6) is -1.47. The summed E-state index contributed by atoms with van der Waals surface area (Å²) < 4.78 is 5.19. The molecule has 0 saturated heterocycles. The molecule has 0 radical (unpaired) electrons. The molecule has 0 unspecified atom stereocenters. The topological polar surface area (TPSA) is 92.4 Å². The number of fused-ring (bicyclic) bond motifs is 1. The van der Waals surface area contributed by atoms with Crippen LogP contribution in [0.3, 0.4) is 0 Å². The Balaban J connectivity index is 2.22. The number of rotatable bonds is 4. The van der Waals surface area contributed by atoms with Crippen LogP contribution in [-0.2, 0) is 16.0 Å². The number of nitrogens with zero attached hydrogens (tertiary/aromatic N) is 1. The van der Waals surface area contributed by atoms with Crippen LogP contribution in [0.25, 0.3) is 11.0 Å². The number of amides is 1. The molecular weight excluding hydrogens is 248 g/mol. The highest BCUT2D eigenvalue weighted by molar-refractivity contribution is 5.89. The van der Waals surface area contributed by atoms with Crippen LogP contribution in [0.1, 0.15) is 16.8 Å². The van der Waals surface area contributed by atoms with E-state index < -0.39 is 18.4 Å². The molecule has 2 aromatic rings. The van der Waals surface area contributed by atoms with Crippen LogP contribution in [-0.4, -0.2) is 28.7 Å². The molecule has 0 aliphatic carbocycles. The Bertz CT molecular complexity index is 645. The van der Waals surface area contributed by atoms with Crippen molar-refractivity contribution in [2.75, 3.05) is 6.54 Å². The number of aliphatic carboxylic acids is 1. The van der Waals surface area contributed by atoms with Crippen molar-refractivity contribution < 1.29 is 19.2 Å². The molecular formula is C13H14N2O4. The van der Waals surface area contributed by atoms with Crippen LogP contribution in [0.2, 0.25) is 0 Å². The number of hydrogen-bond acceptors (Lipinski definition) is 4. The van der Waals surface area contributed by atoms with Gasteiger partial charge in [-0.3, -0.25) is 9.59 Å². The van der Waals surface area contributed by atoms with Crippen molar-refractivity contribution in [1.29, 1.82) is 0 Å². The lowest BCUT2D eigenvalue weighted by atomic mass is 10.0. The van der Waals surface area contributed by atoms with E-state index in [-0.39, 0.29) is 6.42 Å². The highest BCUT2D eigenvalue weighted by atomic mass is 16.5. The SMILES string of the molecule is Cc1cc(C)c2c(CC(=O)NCC(=O)O)noc2c1. The third kappa shape index (κ3) is 2.90. The molecule has 0 aliphatic rings. The first-order valence-electron chi connectivity index (χ1n) is 5.81. The Morgan fingerprint density at radius 2 is 2.11 bits per heavy atom. The number of carboxylic acid groups (broad SMARTS) is 1. The van der Waals surface area contributed by atoms with Gasteiger partial charge in [0, 0.05) is 5.39 Å². The van der Waals surface area contributed by atoms with Crippen LogP contribution in [0.4, 0.5) is 0 Å². The summed E-state index contributed by atoms with van der Waals surface area (Å²) in [5, 5.41) is 15.5. The van der Waals surface area contributed by atoms with Gasteiger partial charge in [-0.05, 0) is 31.0 Å². The Kier molecular flexibility index (Phi) is 3.50. The Morgan fingerprint density at radius 3 is 2.79 bits per heavy atom. The molecule has 0 aliphatic heterocycles. The molecule has 0 atom stereocenters. The third-order valence-electron chi connectivity index (χ3n) is 2.75. The standard InChI is InChI=1S/C13H14N2O4/c1-7-3-8(2)13-9(15-19-10(13)4-7)5-11(16)14-6-12(17)18/h3-4H,5-6H2,1-2H3,(H,14,16)(H,17,18). The number of carbonyl (C=O) groups is 2. The zero-order chi connectivity index (χ0) is 14.0. The van der Waals surface area contributed by atoms with Gasteiger partial charge in [-0.15, -0.1) is 0 Å². The van der Waals surface area contributed by atoms with Gasteiger partial charge < -0.3 is 14.9 Å². The number of carboxylic acids is 1. The second kappa shape index (κ2) is 5.09. The van der Waals surface area contributed by atoms with Gasteiger partial charge >= 0.3 is 5.97 Å². The molecule has 0 saturated carbocycles. The fraction of sp³-hybridized carbons (Fsp3) is 0.308. The monoisotopic (exact) mass is 262 g/mol. The van der Waals surface area contributed by atoms with E-state index in [4.69, 9.17) is 9.63 Å². The van der Waals surface area contributed by atoms with Gasteiger partial charge in [0.05, 0.1) is 6.42 Å². The number of aromatic nitrogens is 1. The number of carbonyl (C=O) groups excluding carboxylic acids is 1. The first-order valence-corrected chi connectivity index (χ1v) is 5.81. The minimum absolute atomic E-state index is 0.00415. The maximum absolute atomic E-state index is 11.6. The van der Waals surface area contributed by atoms with E-state index in [1.165, 1.54) is 0 Å². The van der Waals surface area contributed by atoms with Crippen molar-refractivity contribution in [3.05, 3.63) is 29.0 Å². The van der Waals surface area contributed by atoms with E-state index in [0.717, 1.165) is 16.5 Å². The lowest BCUT2D eigenvalue weighted by Gasteiger charge is -2.01. The van der Waals surface area contributed by atoms with E-state index >= 15 is 0 Å². The lowest BCUT2D eigenvalue weighted by molar-refractivity contribution is -0.137. The van der Waals surface area contributed by atoms with Gasteiger partial charge in [-0.25, -0.2) is 0 Å². The molecule has 0 bridgehead atoms. The zero-order valence-electron chi connectivity index (χ0n) is 10.7. The molecule has 100 valence electrons. The minimum atomic E-state index is -1.08. The second-order valence-electron chi connectivity index (χ2n) is 4.43. The third-order valence-corrected chi connectivity index (χ3v) is 2.75. The minimum Gasteiger partial charge on any atom is -0.480 e. The van der Waals surface area contributed by atoms with E-state index in [1.807, 2.05) is 26.0 Å². The molecule has 0 spiro atoms. The predicted molar refractivity (Wildman–Crippen MR) is 67.8 cm³/mol. The number of nitrogens with one attached hydrogen (secondary N) is 1. The number of benzene rings is 1. The molecule has 19 heavy (non-hydrogen) atoms. The average molecular weight is 262 g/mol. The van der Waals surface area contributed by atoms with Gasteiger partial charge in [-0.1, -0.05) is 11.2 Å². The first-order chi connectivity index (χ1) is 8.97. The highest BCUT2D eigenvalue weighted by Gasteiger charge is 2.15.